The third-order valence-electron chi connectivity index (χ3n) is 4.64. The first-order valence-corrected chi connectivity index (χ1v) is 9.99. The first kappa shape index (κ1) is 19.4. The number of nitro benzene ring substituents is 1. The van der Waals surface area contributed by atoms with E-state index in [1.165, 1.54) is 23.9 Å². The SMILES string of the molecule is O=C(c1ccc(SCc2ccccc2F)c([N+](=O)[O-])c1)N1CCCCCC1. The molecule has 5 nitrogen and oxygen atoms in total. The number of rotatable bonds is 5. The number of halogens is 1. The number of amides is 1. The van der Waals surface area contributed by atoms with Gasteiger partial charge in [0.05, 0.1) is 9.82 Å². The van der Waals surface area contributed by atoms with Crippen LogP contribution in [-0.2, 0) is 5.75 Å². The molecule has 2 aromatic carbocycles. The van der Waals surface area contributed by atoms with Gasteiger partial charge in [-0.3, -0.25) is 14.9 Å². The van der Waals surface area contributed by atoms with Crippen molar-refractivity contribution in [3.05, 3.63) is 69.5 Å². The van der Waals surface area contributed by atoms with Crippen LogP contribution in [0.25, 0.3) is 0 Å². The lowest BCUT2D eigenvalue weighted by Gasteiger charge is -2.20. The zero-order valence-corrected chi connectivity index (χ0v) is 15.7. The Morgan fingerprint density at radius 1 is 1.11 bits per heavy atom. The first-order valence-electron chi connectivity index (χ1n) is 9.00. The second-order valence-corrected chi connectivity index (χ2v) is 7.54. The number of likely N-dealkylation sites (tertiary alicyclic amines) is 1. The van der Waals surface area contributed by atoms with E-state index >= 15 is 0 Å². The fourth-order valence-electron chi connectivity index (χ4n) is 3.14. The van der Waals surface area contributed by atoms with Crippen molar-refractivity contribution >= 4 is 23.4 Å². The Hall–Kier alpha value is -2.41. The summed E-state index contributed by atoms with van der Waals surface area (Å²) in [5.41, 5.74) is 0.706. The van der Waals surface area contributed by atoms with Crippen molar-refractivity contribution in [2.75, 3.05) is 13.1 Å². The Kier molecular flexibility index (Phi) is 6.45. The highest BCUT2D eigenvalue weighted by molar-refractivity contribution is 7.98. The van der Waals surface area contributed by atoms with E-state index < -0.39 is 4.92 Å². The van der Waals surface area contributed by atoms with Crippen LogP contribution < -0.4 is 0 Å². The molecule has 1 heterocycles. The Labute approximate surface area is 161 Å². The van der Waals surface area contributed by atoms with Gasteiger partial charge >= 0.3 is 0 Å². The van der Waals surface area contributed by atoms with Crippen molar-refractivity contribution in [2.24, 2.45) is 0 Å². The number of carbonyl (C=O) groups excluding carboxylic acids is 1. The standard InChI is InChI=1S/C20H21FN2O3S/c21-17-8-4-3-7-16(17)14-27-19-10-9-15(13-18(19)23(25)26)20(24)22-11-5-1-2-6-12-22/h3-4,7-10,13H,1-2,5-6,11-12,14H2. The lowest BCUT2D eigenvalue weighted by atomic mass is 10.1. The smallest absolute Gasteiger partial charge is 0.283 e. The van der Waals surface area contributed by atoms with Gasteiger partial charge < -0.3 is 4.90 Å². The average molecular weight is 388 g/mol. The van der Waals surface area contributed by atoms with Gasteiger partial charge in [0.2, 0.25) is 0 Å². The zero-order valence-electron chi connectivity index (χ0n) is 14.9. The summed E-state index contributed by atoms with van der Waals surface area (Å²) < 4.78 is 13.8. The van der Waals surface area contributed by atoms with Gasteiger partial charge in [0.25, 0.3) is 11.6 Å². The van der Waals surface area contributed by atoms with E-state index in [2.05, 4.69) is 0 Å². The maximum absolute atomic E-state index is 13.8. The third kappa shape index (κ3) is 4.86. The van der Waals surface area contributed by atoms with E-state index in [4.69, 9.17) is 0 Å². The molecule has 1 aliphatic rings. The predicted molar refractivity (Wildman–Crippen MR) is 103 cm³/mol. The summed E-state index contributed by atoms with van der Waals surface area (Å²) in [4.78, 5) is 25.9. The van der Waals surface area contributed by atoms with Gasteiger partial charge in [0.1, 0.15) is 5.82 Å². The molecule has 0 bridgehead atoms. The van der Waals surface area contributed by atoms with Gasteiger partial charge in [0, 0.05) is 30.5 Å². The van der Waals surface area contributed by atoms with Crippen molar-refractivity contribution < 1.29 is 14.1 Å². The van der Waals surface area contributed by atoms with Gasteiger partial charge in [-0.15, -0.1) is 11.8 Å². The minimum Gasteiger partial charge on any atom is -0.339 e. The van der Waals surface area contributed by atoms with Crippen LogP contribution >= 0.6 is 11.8 Å². The number of hydrogen-bond donors (Lipinski definition) is 0. The number of nitro groups is 1. The summed E-state index contributed by atoms with van der Waals surface area (Å²) in [6.45, 7) is 1.38. The van der Waals surface area contributed by atoms with E-state index in [1.54, 1.807) is 35.2 Å². The summed E-state index contributed by atoms with van der Waals surface area (Å²) >= 11 is 1.20. The average Bonchev–Trinajstić information content (AvgIpc) is 2.96. The van der Waals surface area contributed by atoms with Crippen LogP contribution in [0.1, 0.15) is 41.6 Å². The fourth-order valence-corrected chi connectivity index (χ4v) is 4.13. The van der Waals surface area contributed by atoms with E-state index in [0.29, 0.717) is 29.1 Å². The van der Waals surface area contributed by atoms with Crippen LogP contribution in [0, 0.1) is 15.9 Å². The molecule has 1 fully saturated rings. The molecule has 1 amide bonds. The highest BCUT2D eigenvalue weighted by Crippen LogP contribution is 2.33. The molecule has 0 unspecified atom stereocenters. The summed E-state index contributed by atoms with van der Waals surface area (Å²) in [5, 5.41) is 11.5. The summed E-state index contributed by atoms with van der Waals surface area (Å²) in [6, 6.07) is 10.9. The molecule has 1 saturated heterocycles. The third-order valence-corrected chi connectivity index (χ3v) is 5.75. The van der Waals surface area contributed by atoms with Crippen LogP contribution in [-0.4, -0.2) is 28.8 Å². The van der Waals surface area contributed by atoms with E-state index in [1.807, 2.05) is 0 Å². The molecule has 0 saturated carbocycles. The van der Waals surface area contributed by atoms with E-state index in [9.17, 15) is 19.3 Å². The van der Waals surface area contributed by atoms with E-state index in [0.717, 1.165) is 25.7 Å². The minimum absolute atomic E-state index is 0.114. The fraction of sp³-hybridized carbons (Fsp3) is 0.350. The van der Waals surface area contributed by atoms with Gasteiger partial charge in [-0.25, -0.2) is 4.39 Å². The number of carbonyl (C=O) groups is 1. The molecule has 0 N–H and O–H groups in total. The molecule has 7 heteroatoms. The molecule has 0 spiro atoms. The molecular weight excluding hydrogens is 367 g/mol. The maximum Gasteiger partial charge on any atom is 0.283 e. The normalized spacial score (nSPS) is 14.6. The highest BCUT2D eigenvalue weighted by atomic mass is 32.2. The molecule has 0 aromatic heterocycles. The Morgan fingerprint density at radius 2 is 1.81 bits per heavy atom. The summed E-state index contributed by atoms with van der Waals surface area (Å²) in [5.74, 6) is -0.210. The van der Waals surface area contributed by atoms with Gasteiger partial charge in [0.15, 0.2) is 0 Å². The minimum atomic E-state index is -0.483. The second-order valence-electron chi connectivity index (χ2n) is 6.53. The number of nitrogens with zero attached hydrogens (tertiary/aromatic N) is 2. The highest BCUT2D eigenvalue weighted by Gasteiger charge is 2.22. The molecule has 2 aromatic rings. The molecular formula is C20H21FN2O3S. The molecule has 1 aliphatic heterocycles. The number of thioether (sulfide) groups is 1. The lowest BCUT2D eigenvalue weighted by Crippen LogP contribution is -2.31. The molecule has 0 atom stereocenters. The van der Waals surface area contributed by atoms with Gasteiger partial charge in [-0.2, -0.15) is 0 Å². The van der Waals surface area contributed by atoms with Crippen LogP contribution in [0.3, 0.4) is 0 Å². The molecule has 3 rings (SSSR count). The lowest BCUT2D eigenvalue weighted by molar-refractivity contribution is -0.387. The van der Waals surface area contributed by atoms with Gasteiger partial charge in [-0.05, 0) is 36.6 Å². The van der Waals surface area contributed by atoms with Crippen LogP contribution in [0.15, 0.2) is 47.4 Å². The quantitative estimate of drug-likeness (QED) is 0.409. The van der Waals surface area contributed by atoms with Crippen LogP contribution in [0.2, 0.25) is 0 Å². The number of benzene rings is 2. The maximum atomic E-state index is 13.8. The van der Waals surface area contributed by atoms with Crippen LogP contribution in [0.5, 0.6) is 0 Å². The topological polar surface area (TPSA) is 63.4 Å². The predicted octanol–water partition coefficient (Wildman–Crippen LogP) is 5.04. The Morgan fingerprint density at radius 3 is 2.48 bits per heavy atom. The van der Waals surface area contributed by atoms with Crippen molar-refractivity contribution in [1.82, 2.24) is 4.90 Å². The molecule has 27 heavy (non-hydrogen) atoms. The monoisotopic (exact) mass is 388 g/mol. The first-order chi connectivity index (χ1) is 13.1. The van der Waals surface area contributed by atoms with Crippen LogP contribution in [0.4, 0.5) is 10.1 Å². The molecule has 0 radical (unpaired) electrons. The number of hydrogen-bond acceptors (Lipinski definition) is 4. The van der Waals surface area contributed by atoms with Crippen molar-refractivity contribution in [1.29, 1.82) is 0 Å². The second kappa shape index (κ2) is 8.99. The van der Waals surface area contributed by atoms with Crippen molar-refractivity contribution in [3.63, 3.8) is 0 Å². The largest absolute Gasteiger partial charge is 0.339 e. The van der Waals surface area contributed by atoms with Crippen molar-refractivity contribution in [3.8, 4) is 0 Å². The summed E-state index contributed by atoms with van der Waals surface area (Å²) in [7, 11) is 0. The van der Waals surface area contributed by atoms with Gasteiger partial charge in [-0.1, -0.05) is 31.0 Å². The zero-order chi connectivity index (χ0) is 19.2. The molecule has 0 aliphatic carbocycles. The van der Waals surface area contributed by atoms with Crippen molar-refractivity contribution in [2.45, 2.75) is 36.3 Å². The Bertz CT molecular complexity index is 836. The Balaban J connectivity index is 1.79. The van der Waals surface area contributed by atoms with E-state index in [-0.39, 0.29) is 23.2 Å². The summed E-state index contributed by atoms with van der Waals surface area (Å²) in [6.07, 6.45) is 4.14. The molecule has 142 valence electrons.